The van der Waals surface area contributed by atoms with Gasteiger partial charge in [-0.3, -0.25) is 0 Å². The van der Waals surface area contributed by atoms with Crippen molar-refractivity contribution >= 4 is 11.3 Å². The zero-order chi connectivity index (χ0) is 11.0. The summed E-state index contributed by atoms with van der Waals surface area (Å²) in [6, 6.07) is 8.89. The number of rotatable bonds is 1. The average Bonchev–Trinajstić information content (AvgIpc) is 2.83. The second-order valence-electron chi connectivity index (χ2n) is 4.29. The van der Waals surface area contributed by atoms with Gasteiger partial charge < -0.3 is 5.32 Å². The SMILES string of the molecule is Cc1ccc(-c2cccs2)c2c1CNCC2. The highest BCUT2D eigenvalue weighted by Crippen LogP contribution is 2.32. The second-order valence-corrected chi connectivity index (χ2v) is 5.24. The summed E-state index contributed by atoms with van der Waals surface area (Å²) in [5.41, 5.74) is 5.93. The molecule has 0 amide bonds. The van der Waals surface area contributed by atoms with Gasteiger partial charge in [0.2, 0.25) is 0 Å². The molecule has 0 unspecified atom stereocenters. The van der Waals surface area contributed by atoms with E-state index < -0.39 is 0 Å². The minimum atomic E-state index is 1.03. The summed E-state index contributed by atoms with van der Waals surface area (Å²) in [4.78, 5) is 1.40. The maximum atomic E-state index is 3.46. The van der Waals surface area contributed by atoms with E-state index in [0.29, 0.717) is 0 Å². The molecule has 0 saturated carbocycles. The Morgan fingerprint density at radius 3 is 2.94 bits per heavy atom. The highest BCUT2D eigenvalue weighted by Gasteiger charge is 2.15. The third-order valence-corrected chi connectivity index (χ3v) is 4.21. The largest absolute Gasteiger partial charge is 0.312 e. The lowest BCUT2D eigenvalue weighted by molar-refractivity contribution is 0.641. The smallest absolute Gasteiger partial charge is 0.0345 e. The quantitative estimate of drug-likeness (QED) is 0.790. The lowest BCUT2D eigenvalue weighted by Gasteiger charge is -2.22. The summed E-state index contributed by atoms with van der Waals surface area (Å²) in [7, 11) is 0. The molecule has 2 aromatic rings. The normalized spacial score (nSPS) is 14.8. The van der Waals surface area contributed by atoms with Gasteiger partial charge in [0, 0.05) is 11.4 Å². The number of benzene rings is 1. The number of thiophene rings is 1. The van der Waals surface area contributed by atoms with Crippen LogP contribution in [-0.4, -0.2) is 6.54 Å². The average molecular weight is 229 g/mol. The molecule has 2 heterocycles. The van der Waals surface area contributed by atoms with Crippen molar-refractivity contribution in [1.29, 1.82) is 0 Å². The minimum absolute atomic E-state index is 1.03. The molecule has 1 aromatic carbocycles. The van der Waals surface area contributed by atoms with Crippen molar-refractivity contribution in [3.05, 3.63) is 46.3 Å². The Bertz CT molecular complexity index is 500. The highest BCUT2D eigenvalue weighted by atomic mass is 32.1. The van der Waals surface area contributed by atoms with Gasteiger partial charge in [0.15, 0.2) is 0 Å². The molecule has 0 spiro atoms. The minimum Gasteiger partial charge on any atom is -0.312 e. The summed E-state index contributed by atoms with van der Waals surface area (Å²) in [6.45, 7) is 4.35. The van der Waals surface area contributed by atoms with E-state index in [2.05, 4.69) is 41.9 Å². The van der Waals surface area contributed by atoms with Gasteiger partial charge >= 0.3 is 0 Å². The van der Waals surface area contributed by atoms with Crippen LogP contribution >= 0.6 is 11.3 Å². The molecule has 0 aliphatic carbocycles. The molecule has 3 rings (SSSR count). The summed E-state index contributed by atoms with van der Waals surface area (Å²) < 4.78 is 0. The Kier molecular flexibility index (Phi) is 2.54. The number of hydrogen-bond donors (Lipinski definition) is 1. The van der Waals surface area contributed by atoms with Crippen LogP contribution in [-0.2, 0) is 13.0 Å². The van der Waals surface area contributed by atoms with Crippen LogP contribution < -0.4 is 5.32 Å². The molecule has 1 aliphatic heterocycles. The van der Waals surface area contributed by atoms with Crippen LogP contribution in [0.15, 0.2) is 29.6 Å². The number of hydrogen-bond acceptors (Lipinski definition) is 2. The third kappa shape index (κ3) is 1.58. The summed E-state index contributed by atoms with van der Waals surface area (Å²) in [5, 5.41) is 5.61. The monoisotopic (exact) mass is 229 g/mol. The van der Waals surface area contributed by atoms with Gasteiger partial charge in [-0.15, -0.1) is 11.3 Å². The van der Waals surface area contributed by atoms with Crippen LogP contribution in [0.3, 0.4) is 0 Å². The zero-order valence-corrected chi connectivity index (χ0v) is 10.2. The molecule has 2 heteroatoms. The predicted molar refractivity (Wildman–Crippen MR) is 69.9 cm³/mol. The van der Waals surface area contributed by atoms with Crippen LogP contribution in [0.1, 0.15) is 16.7 Å². The zero-order valence-electron chi connectivity index (χ0n) is 9.42. The predicted octanol–water partition coefficient (Wildman–Crippen LogP) is 3.37. The first-order chi connectivity index (χ1) is 7.86. The van der Waals surface area contributed by atoms with Crippen molar-refractivity contribution in [3.8, 4) is 10.4 Å². The Morgan fingerprint density at radius 1 is 1.19 bits per heavy atom. The molecule has 0 saturated heterocycles. The van der Waals surface area contributed by atoms with Crippen LogP contribution in [0, 0.1) is 6.92 Å². The topological polar surface area (TPSA) is 12.0 Å². The van der Waals surface area contributed by atoms with Gasteiger partial charge in [0.1, 0.15) is 0 Å². The van der Waals surface area contributed by atoms with E-state index in [1.807, 2.05) is 11.3 Å². The van der Waals surface area contributed by atoms with Crippen LogP contribution in [0.2, 0.25) is 0 Å². The van der Waals surface area contributed by atoms with Crippen LogP contribution in [0.5, 0.6) is 0 Å². The lowest BCUT2D eigenvalue weighted by atomic mass is 9.91. The van der Waals surface area contributed by atoms with Gasteiger partial charge in [-0.25, -0.2) is 0 Å². The summed E-state index contributed by atoms with van der Waals surface area (Å²) in [5.74, 6) is 0. The van der Waals surface area contributed by atoms with Crippen molar-refractivity contribution in [1.82, 2.24) is 5.32 Å². The van der Waals surface area contributed by atoms with Gasteiger partial charge in [0.25, 0.3) is 0 Å². The molecule has 0 atom stereocenters. The molecule has 1 aliphatic rings. The van der Waals surface area contributed by atoms with Crippen LogP contribution in [0.4, 0.5) is 0 Å². The first-order valence-corrected chi connectivity index (χ1v) is 6.60. The maximum Gasteiger partial charge on any atom is 0.0345 e. The van der Waals surface area contributed by atoms with Gasteiger partial charge in [-0.1, -0.05) is 18.2 Å². The van der Waals surface area contributed by atoms with Crippen molar-refractivity contribution in [3.63, 3.8) is 0 Å². The summed E-state index contributed by atoms with van der Waals surface area (Å²) in [6.07, 6.45) is 1.16. The first kappa shape index (κ1) is 10.1. The molecule has 16 heavy (non-hydrogen) atoms. The maximum absolute atomic E-state index is 3.46. The number of nitrogens with one attached hydrogen (secondary N) is 1. The number of aryl methyl sites for hydroxylation is 1. The molecular formula is C14H15NS. The van der Waals surface area contributed by atoms with E-state index in [9.17, 15) is 0 Å². The molecule has 0 fully saturated rings. The van der Waals surface area contributed by atoms with E-state index >= 15 is 0 Å². The number of fused-ring (bicyclic) bond motifs is 1. The molecular weight excluding hydrogens is 214 g/mol. The van der Waals surface area contributed by atoms with E-state index in [1.165, 1.54) is 21.6 Å². The highest BCUT2D eigenvalue weighted by molar-refractivity contribution is 7.13. The second kappa shape index (κ2) is 4.04. The van der Waals surface area contributed by atoms with Crippen LogP contribution in [0.25, 0.3) is 10.4 Å². The first-order valence-electron chi connectivity index (χ1n) is 5.72. The van der Waals surface area contributed by atoms with E-state index in [1.54, 1.807) is 5.56 Å². The Morgan fingerprint density at radius 2 is 2.12 bits per heavy atom. The van der Waals surface area contributed by atoms with Gasteiger partial charge in [-0.2, -0.15) is 0 Å². The van der Waals surface area contributed by atoms with E-state index in [0.717, 1.165) is 19.5 Å². The van der Waals surface area contributed by atoms with Gasteiger partial charge in [0.05, 0.1) is 0 Å². The standard InChI is InChI=1S/C14H15NS/c1-10-4-5-12(14-3-2-8-16-14)11-6-7-15-9-13(10)11/h2-5,8,15H,6-7,9H2,1H3. The Hall–Kier alpha value is -1.12. The molecule has 1 aromatic heterocycles. The molecule has 82 valence electrons. The Labute approximate surface area is 100 Å². The fourth-order valence-electron chi connectivity index (χ4n) is 2.43. The molecule has 0 radical (unpaired) electrons. The Balaban J connectivity index is 2.19. The van der Waals surface area contributed by atoms with Gasteiger partial charge in [-0.05, 0) is 53.6 Å². The molecule has 1 N–H and O–H groups in total. The fraction of sp³-hybridized carbons (Fsp3) is 0.286. The van der Waals surface area contributed by atoms with E-state index in [-0.39, 0.29) is 0 Å². The third-order valence-electron chi connectivity index (χ3n) is 3.31. The molecule has 0 bridgehead atoms. The van der Waals surface area contributed by atoms with Crippen molar-refractivity contribution < 1.29 is 0 Å². The van der Waals surface area contributed by atoms with Crippen molar-refractivity contribution in [2.75, 3.05) is 6.54 Å². The lowest BCUT2D eigenvalue weighted by Crippen LogP contribution is -2.24. The molecule has 1 nitrogen and oxygen atoms in total. The fourth-order valence-corrected chi connectivity index (χ4v) is 3.21. The van der Waals surface area contributed by atoms with E-state index in [4.69, 9.17) is 0 Å². The van der Waals surface area contributed by atoms with Crippen molar-refractivity contribution in [2.45, 2.75) is 19.9 Å². The summed E-state index contributed by atoms with van der Waals surface area (Å²) >= 11 is 1.83. The van der Waals surface area contributed by atoms with Crippen molar-refractivity contribution in [2.24, 2.45) is 0 Å².